The number of carbonyl (C=O) groups is 5. The van der Waals surface area contributed by atoms with E-state index >= 15 is 4.79 Å². The molecule has 0 spiro atoms. The second kappa shape index (κ2) is 36.9. The van der Waals surface area contributed by atoms with Crippen molar-refractivity contribution in [3.05, 3.63) is 11.6 Å². The molecule has 48 atom stereocenters. The van der Waals surface area contributed by atoms with Crippen LogP contribution in [-0.2, 0) is 109 Å². The number of aldehydes is 1. The Hall–Kier alpha value is -4.07. The number of esters is 3. The van der Waals surface area contributed by atoms with Gasteiger partial charge < -0.3 is 192 Å². The number of aliphatic hydroxyl groups is 19. The monoisotopic (exact) mass is 1770 g/mol. The molecule has 702 valence electrons. The maximum Gasteiger partial charge on any atom is 0.335 e. The first kappa shape index (κ1) is 96.5. The van der Waals surface area contributed by atoms with E-state index in [4.69, 9.17) is 85.3 Å². The van der Waals surface area contributed by atoms with Crippen LogP contribution in [0.3, 0.4) is 0 Å². The Bertz CT molecular complexity index is 3710. The maximum absolute atomic E-state index is 16.4. The van der Waals surface area contributed by atoms with E-state index in [1.165, 1.54) is 20.8 Å². The number of carboxylic acids is 1. The summed E-state index contributed by atoms with van der Waals surface area (Å²) in [4.78, 5) is 67.9. The summed E-state index contributed by atoms with van der Waals surface area (Å²) in [6, 6.07) is 0. The van der Waals surface area contributed by atoms with Crippen molar-refractivity contribution in [1.82, 2.24) is 0 Å². The zero-order valence-electron chi connectivity index (χ0n) is 70.0. The SMILES string of the molecule is CC(=O)OCC1OC(OC2C(O)COC(OC3C(C)OC(OC4C(OC(=O)C56CCC(C)(C)CC5C5=CCC7C8(C)CCC(OC9OC(C(=O)O)C(O)C(OC%10OCC(O)C(O)C%10O)C9OC9OC(CO)C(O)C(O)C9O)C(C)(C=O)C8CCC7(C)C5(C)CC6O)OC(C)C(O)C4OC4OC(C)C(O)C(OC(C)=O)C4O)C(O)C3O)C2O)C(O)C(O)C1O. The zero-order valence-corrected chi connectivity index (χ0v) is 70.0. The molecular formula is C80H124O43. The number of ether oxygens (including phenoxy) is 18. The smallest absolute Gasteiger partial charge is 0.335 e. The van der Waals surface area contributed by atoms with Gasteiger partial charge in [-0.2, -0.15) is 0 Å². The number of aliphatic carboxylic acids is 1. The molecule has 8 aliphatic heterocycles. The highest BCUT2D eigenvalue weighted by molar-refractivity contribution is 5.80. The Morgan fingerprint density at radius 1 is 0.455 bits per heavy atom. The second-order valence-electron chi connectivity index (χ2n) is 37.6. The van der Waals surface area contributed by atoms with Gasteiger partial charge in [0.1, 0.15) is 165 Å². The summed E-state index contributed by atoms with van der Waals surface area (Å²) in [5.74, 6) is -6.11. The molecule has 0 aromatic carbocycles. The molecular weight excluding hydrogens is 1650 g/mol. The number of hydrogen-bond acceptors (Lipinski definition) is 42. The highest BCUT2D eigenvalue weighted by Gasteiger charge is 2.74. The maximum atomic E-state index is 16.4. The zero-order chi connectivity index (χ0) is 90.0. The van der Waals surface area contributed by atoms with Crippen LogP contribution < -0.4 is 0 Å². The summed E-state index contributed by atoms with van der Waals surface area (Å²) in [5, 5.41) is 226. The molecule has 0 radical (unpaired) electrons. The third-order valence-electron chi connectivity index (χ3n) is 29.5. The van der Waals surface area contributed by atoms with Gasteiger partial charge in [0, 0.05) is 13.8 Å². The molecule has 20 N–H and O–H groups in total. The highest BCUT2D eigenvalue weighted by Crippen LogP contribution is 2.76. The lowest BCUT2D eigenvalue weighted by molar-refractivity contribution is -0.393. The standard InChI is InChI=1S/C80H124O43/c1-27-42(88)59(112-31(5)84)56(102)71(109-27)119-60-43(89)28(2)110-72(63(60)121-68-53(99)49(95)57(29(3)111-68)116-67-55(101)58(35(86)24-108-67)117-70-52(98)48(94)46(92)37(114-70)25-106-30(4)83)123-74(105)80-19-18-75(6,7)20-33(80)32-12-13-39-76(8)16-15-41(77(9,26-82)38(76)14-17-78(39,10)79(32,11)21-40(80)87)115-73-64(122-69-51(97)47(93)45(91)36(22-81)113-69)61(54(100)62(120-73)65(103)104)118-66-50(96)44(90)34(85)23-107-66/h12,26-29,33-64,66-73,81,85-102H,13-25H2,1-11H3,(H,103,104). The van der Waals surface area contributed by atoms with Gasteiger partial charge in [0.2, 0.25) is 6.29 Å². The number of rotatable bonds is 22. The van der Waals surface area contributed by atoms with Gasteiger partial charge in [-0.05, 0) is 118 Å². The van der Waals surface area contributed by atoms with Gasteiger partial charge in [-0.1, -0.05) is 53.2 Å². The predicted octanol–water partition coefficient (Wildman–Crippen LogP) is -6.99. The molecule has 12 fully saturated rings. The quantitative estimate of drug-likeness (QED) is 0.0157. The normalized spacial score (nSPS) is 53.0. The summed E-state index contributed by atoms with van der Waals surface area (Å²) < 4.78 is 108. The fourth-order valence-corrected chi connectivity index (χ4v) is 22.2. The summed E-state index contributed by atoms with van der Waals surface area (Å²) >= 11 is 0. The van der Waals surface area contributed by atoms with Crippen molar-refractivity contribution < 1.29 is 211 Å². The lowest BCUT2D eigenvalue weighted by Crippen LogP contribution is -2.69. The van der Waals surface area contributed by atoms with Crippen LogP contribution in [-0.4, -0.2) is 404 Å². The van der Waals surface area contributed by atoms with E-state index in [9.17, 15) is 121 Å². The first-order valence-electron chi connectivity index (χ1n) is 42.2. The molecule has 43 nitrogen and oxygen atoms in total. The van der Waals surface area contributed by atoms with E-state index in [1.54, 1.807) is 6.92 Å². The topological polar surface area (TPSA) is 656 Å². The minimum atomic E-state index is -2.26. The van der Waals surface area contributed by atoms with Crippen molar-refractivity contribution >= 4 is 30.2 Å². The summed E-state index contributed by atoms with van der Waals surface area (Å²) in [5.41, 5.74) is -5.44. The molecule has 8 saturated heterocycles. The third-order valence-corrected chi connectivity index (χ3v) is 29.5. The number of carbonyl (C=O) groups excluding carboxylic acids is 4. The number of fused-ring (bicyclic) bond motifs is 7. The number of aliphatic hydroxyl groups excluding tert-OH is 19. The molecule has 0 aromatic rings. The first-order chi connectivity index (χ1) is 57.6. The Morgan fingerprint density at radius 3 is 1.59 bits per heavy atom. The van der Waals surface area contributed by atoms with Gasteiger partial charge in [-0.3, -0.25) is 14.4 Å². The second-order valence-corrected chi connectivity index (χ2v) is 37.6. The summed E-state index contributed by atoms with van der Waals surface area (Å²) in [6.07, 6.45) is -68.8. The first-order valence-corrected chi connectivity index (χ1v) is 42.2. The highest BCUT2D eigenvalue weighted by atomic mass is 16.8. The van der Waals surface area contributed by atoms with Crippen molar-refractivity contribution in [2.75, 3.05) is 26.4 Å². The van der Waals surface area contributed by atoms with E-state index in [2.05, 4.69) is 26.8 Å². The minimum absolute atomic E-state index is 0.0253. The molecule has 0 aromatic heterocycles. The average molecular weight is 1770 g/mol. The molecule has 13 aliphatic rings. The molecule has 0 amide bonds. The van der Waals surface area contributed by atoms with Gasteiger partial charge in [0.15, 0.2) is 62.3 Å². The molecule has 48 unspecified atom stereocenters. The van der Waals surface area contributed by atoms with Crippen LogP contribution in [0.5, 0.6) is 0 Å². The van der Waals surface area contributed by atoms with E-state index in [0.29, 0.717) is 38.5 Å². The van der Waals surface area contributed by atoms with Crippen LogP contribution in [0.25, 0.3) is 0 Å². The Kier molecular flexibility index (Phi) is 29.0. The van der Waals surface area contributed by atoms with Crippen LogP contribution in [0.15, 0.2) is 11.6 Å². The number of allylic oxidation sites excluding steroid dienone is 2. The van der Waals surface area contributed by atoms with Crippen LogP contribution in [0.1, 0.15) is 134 Å². The third kappa shape index (κ3) is 17.5. The van der Waals surface area contributed by atoms with E-state index < -0.39 is 340 Å². The lowest BCUT2D eigenvalue weighted by Gasteiger charge is -2.71. The molecule has 4 saturated carbocycles. The van der Waals surface area contributed by atoms with Crippen LogP contribution in [0.2, 0.25) is 0 Å². The van der Waals surface area contributed by atoms with Crippen molar-refractivity contribution in [2.45, 2.75) is 380 Å². The van der Waals surface area contributed by atoms with Gasteiger partial charge in [-0.15, -0.1) is 0 Å². The lowest BCUT2D eigenvalue weighted by atomic mass is 9.33. The van der Waals surface area contributed by atoms with Gasteiger partial charge in [0.25, 0.3) is 0 Å². The van der Waals surface area contributed by atoms with Crippen molar-refractivity contribution in [2.24, 2.45) is 50.2 Å². The molecule has 43 heteroatoms. The molecule has 123 heavy (non-hydrogen) atoms. The van der Waals surface area contributed by atoms with Crippen molar-refractivity contribution in [3.8, 4) is 0 Å². The molecule has 0 bridgehead atoms. The summed E-state index contributed by atoms with van der Waals surface area (Å²) in [6.45, 7) is 15.4. The van der Waals surface area contributed by atoms with Gasteiger partial charge in [0.05, 0.1) is 55.8 Å². The van der Waals surface area contributed by atoms with E-state index in [-0.39, 0.29) is 25.2 Å². The Balaban J connectivity index is 0.775. The minimum Gasteiger partial charge on any atom is -0.479 e. The van der Waals surface area contributed by atoms with Crippen molar-refractivity contribution in [1.29, 1.82) is 0 Å². The predicted molar refractivity (Wildman–Crippen MR) is 399 cm³/mol. The van der Waals surface area contributed by atoms with Crippen LogP contribution in [0, 0.1) is 50.2 Å². The molecule has 13 rings (SSSR count). The molecule has 8 heterocycles. The summed E-state index contributed by atoms with van der Waals surface area (Å²) in [7, 11) is 0. The van der Waals surface area contributed by atoms with Crippen LogP contribution in [0.4, 0.5) is 0 Å². The van der Waals surface area contributed by atoms with Crippen molar-refractivity contribution in [3.63, 3.8) is 0 Å². The molecule has 5 aliphatic carbocycles. The van der Waals surface area contributed by atoms with Gasteiger partial charge >= 0.3 is 23.9 Å². The average Bonchev–Trinajstić information content (AvgIpc) is 0.668. The largest absolute Gasteiger partial charge is 0.479 e. The Labute approximate surface area is 707 Å². The Morgan fingerprint density at radius 2 is 0.967 bits per heavy atom. The number of carboxylic acid groups (broad SMARTS) is 1. The van der Waals surface area contributed by atoms with E-state index in [0.717, 1.165) is 25.7 Å². The number of hydrogen-bond donors (Lipinski definition) is 20. The van der Waals surface area contributed by atoms with E-state index in [1.807, 2.05) is 13.8 Å². The fourth-order valence-electron chi connectivity index (χ4n) is 22.2. The van der Waals surface area contributed by atoms with Gasteiger partial charge in [-0.25, -0.2) is 4.79 Å². The fraction of sp³-hybridized carbons (Fsp3) is 0.912. The van der Waals surface area contributed by atoms with Crippen LogP contribution >= 0.6 is 0 Å².